The molecule has 0 bridgehead atoms. The van der Waals surface area contributed by atoms with E-state index in [2.05, 4.69) is 34.6 Å². The van der Waals surface area contributed by atoms with Gasteiger partial charge in [-0.15, -0.1) is 0 Å². The summed E-state index contributed by atoms with van der Waals surface area (Å²) >= 11 is 0. The summed E-state index contributed by atoms with van der Waals surface area (Å²) in [5.41, 5.74) is 0. The fourth-order valence-electron chi connectivity index (χ4n) is 11.0. The molecule has 0 fully saturated rings. The van der Waals surface area contributed by atoms with Crippen molar-refractivity contribution < 1.29 is 80.2 Å². The van der Waals surface area contributed by atoms with Crippen molar-refractivity contribution in [3.63, 3.8) is 0 Å². The standard InChI is InChI=1S/C72H140O17P2/c1-6-9-12-15-18-21-23-25-26-27-28-29-30-31-33-35-37-42-47-52-57-71(76)88-67(62-83-70(75)56-51-46-41-36-34-32-24-22-19-16-13-10-7-2)63-86-90(78,79)84-59-66(73)60-85-91(80,81)87-64-68(61-82-69(74)55-50-45-40-20-17-14-11-8-3)89-72(77)58-53-48-43-38-39-44-49-54-65(4)5/h65-68,73H,6-64H2,1-5H3,(H,78,79)(H,80,81)/t66-,67-,68-/m1/s1. The van der Waals surface area contributed by atoms with Crippen LogP contribution in [-0.2, 0) is 65.4 Å². The highest BCUT2D eigenvalue weighted by atomic mass is 31.2. The van der Waals surface area contributed by atoms with Gasteiger partial charge in [0.15, 0.2) is 12.2 Å². The molecule has 0 aliphatic rings. The molecule has 0 amide bonds. The van der Waals surface area contributed by atoms with E-state index in [0.29, 0.717) is 31.6 Å². The number of phosphoric ester groups is 2. The average Bonchev–Trinajstić information content (AvgIpc) is 2.57. The first kappa shape index (κ1) is 89.1. The Kier molecular flexibility index (Phi) is 64.0. The van der Waals surface area contributed by atoms with Crippen LogP contribution in [0.15, 0.2) is 0 Å². The van der Waals surface area contributed by atoms with Gasteiger partial charge in [-0.1, -0.05) is 324 Å². The second-order valence-electron chi connectivity index (χ2n) is 26.5. The monoisotopic (exact) mass is 1340 g/mol. The summed E-state index contributed by atoms with van der Waals surface area (Å²) in [6, 6.07) is 0. The maximum absolute atomic E-state index is 13.0. The molecule has 0 aromatic rings. The van der Waals surface area contributed by atoms with Crippen LogP contribution in [0.5, 0.6) is 0 Å². The number of hydrogen-bond acceptors (Lipinski definition) is 15. The first-order valence-electron chi connectivity index (χ1n) is 37.6. The molecule has 0 aromatic heterocycles. The number of hydrogen-bond donors (Lipinski definition) is 3. The Bertz CT molecular complexity index is 1750. The van der Waals surface area contributed by atoms with Crippen LogP contribution >= 0.6 is 15.6 Å². The van der Waals surface area contributed by atoms with Crippen LogP contribution in [0, 0.1) is 5.92 Å². The largest absolute Gasteiger partial charge is 0.472 e. The van der Waals surface area contributed by atoms with Gasteiger partial charge in [0.2, 0.25) is 0 Å². The van der Waals surface area contributed by atoms with Gasteiger partial charge in [0.25, 0.3) is 0 Å². The van der Waals surface area contributed by atoms with Gasteiger partial charge in [-0.05, 0) is 31.6 Å². The lowest BCUT2D eigenvalue weighted by molar-refractivity contribution is -0.161. The molecule has 2 unspecified atom stereocenters. The first-order chi connectivity index (χ1) is 44.0. The molecular weight excluding hydrogens is 1200 g/mol. The second kappa shape index (κ2) is 65.4. The van der Waals surface area contributed by atoms with Crippen LogP contribution in [0.3, 0.4) is 0 Å². The lowest BCUT2D eigenvalue weighted by Gasteiger charge is -2.21. The van der Waals surface area contributed by atoms with E-state index in [1.807, 2.05) is 0 Å². The molecule has 0 saturated heterocycles. The van der Waals surface area contributed by atoms with E-state index in [-0.39, 0.29) is 25.7 Å². The molecule has 0 aliphatic heterocycles. The Morgan fingerprint density at radius 3 is 0.747 bits per heavy atom. The molecule has 19 heteroatoms. The summed E-state index contributed by atoms with van der Waals surface area (Å²) in [7, 11) is -9.90. The minimum Gasteiger partial charge on any atom is -0.462 e. The fourth-order valence-corrected chi connectivity index (χ4v) is 12.6. The van der Waals surface area contributed by atoms with Gasteiger partial charge in [-0.25, -0.2) is 9.13 Å². The summed E-state index contributed by atoms with van der Waals surface area (Å²) < 4.78 is 68.2. The van der Waals surface area contributed by atoms with Gasteiger partial charge in [0.05, 0.1) is 26.4 Å². The molecule has 17 nitrogen and oxygen atoms in total. The highest BCUT2D eigenvalue weighted by Gasteiger charge is 2.30. The van der Waals surface area contributed by atoms with Crippen molar-refractivity contribution in [2.24, 2.45) is 5.92 Å². The summed E-state index contributed by atoms with van der Waals surface area (Å²) in [4.78, 5) is 72.5. The van der Waals surface area contributed by atoms with E-state index in [1.54, 1.807) is 0 Å². The number of aliphatic hydroxyl groups excluding tert-OH is 1. The molecule has 0 radical (unpaired) electrons. The molecule has 0 rings (SSSR count). The van der Waals surface area contributed by atoms with Crippen molar-refractivity contribution in [2.45, 2.75) is 393 Å². The third kappa shape index (κ3) is 66.5. The Morgan fingerprint density at radius 1 is 0.297 bits per heavy atom. The highest BCUT2D eigenvalue weighted by Crippen LogP contribution is 2.45. The number of phosphoric acid groups is 2. The number of carbonyl (C=O) groups is 4. The predicted molar refractivity (Wildman–Crippen MR) is 368 cm³/mol. The summed E-state index contributed by atoms with van der Waals surface area (Å²) in [6.07, 6.45) is 53.0. The third-order valence-electron chi connectivity index (χ3n) is 16.8. The van der Waals surface area contributed by atoms with Crippen molar-refractivity contribution in [3.05, 3.63) is 0 Å². The average molecular weight is 1340 g/mol. The van der Waals surface area contributed by atoms with Gasteiger partial charge in [-0.3, -0.25) is 37.3 Å². The maximum Gasteiger partial charge on any atom is 0.472 e. The van der Waals surface area contributed by atoms with Crippen molar-refractivity contribution in [1.82, 2.24) is 0 Å². The van der Waals surface area contributed by atoms with Gasteiger partial charge in [-0.2, -0.15) is 0 Å². The number of carbonyl (C=O) groups excluding carboxylic acids is 4. The van der Waals surface area contributed by atoms with Crippen LogP contribution in [0.1, 0.15) is 375 Å². The van der Waals surface area contributed by atoms with E-state index in [4.69, 9.17) is 37.0 Å². The topological polar surface area (TPSA) is 237 Å². The second-order valence-corrected chi connectivity index (χ2v) is 29.4. The molecule has 5 atom stereocenters. The molecular formula is C72H140O17P2. The lowest BCUT2D eigenvalue weighted by atomic mass is 10.0. The Balaban J connectivity index is 5.17. The van der Waals surface area contributed by atoms with Crippen molar-refractivity contribution in [3.8, 4) is 0 Å². The minimum atomic E-state index is -4.95. The molecule has 0 spiro atoms. The Labute approximate surface area is 556 Å². The number of ether oxygens (including phenoxy) is 4. The van der Waals surface area contributed by atoms with Crippen LogP contribution in [0.25, 0.3) is 0 Å². The first-order valence-corrected chi connectivity index (χ1v) is 40.6. The zero-order valence-electron chi connectivity index (χ0n) is 59.0. The highest BCUT2D eigenvalue weighted by molar-refractivity contribution is 7.47. The molecule has 91 heavy (non-hydrogen) atoms. The van der Waals surface area contributed by atoms with Crippen molar-refractivity contribution in [2.75, 3.05) is 39.6 Å². The SMILES string of the molecule is CCCCCCCCCCCCCCCCCCCCCCC(=O)O[C@H](COC(=O)CCCCCCCCCCCCCCC)COP(=O)(O)OC[C@@H](O)COP(=O)(O)OC[C@@H](COC(=O)CCCCCCCCCC)OC(=O)CCCCCCCCCC(C)C. The van der Waals surface area contributed by atoms with Crippen molar-refractivity contribution in [1.29, 1.82) is 0 Å². The summed E-state index contributed by atoms with van der Waals surface area (Å²) in [5.74, 6) is -1.43. The van der Waals surface area contributed by atoms with E-state index >= 15 is 0 Å². The molecule has 0 aromatic carbocycles. The maximum atomic E-state index is 13.0. The third-order valence-corrected chi connectivity index (χ3v) is 18.7. The van der Waals surface area contributed by atoms with Crippen LogP contribution in [0.4, 0.5) is 0 Å². The van der Waals surface area contributed by atoms with Gasteiger partial charge in [0, 0.05) is 25.7 Å². The number of rotatable bonds is 72. The van der Waals surface area contributed by atoms with E-state index in [0.717, 1.165) is 96.3 Å². The van der Waals surface area contributed by atoms with Crippen LogP contribution in [-0.4, -0.2) is 96.7 Å². The van der Waals surface area contributed by atoms with Gasteiger partial charge < -0.3 is 33.8 Å². The molecule has 0 heterocycles. The van der Waals surface area contributed by atoms with Gasteiger partial charge in [0.1, 0.15) is 19.3 Å². The normalized spacial score (nSPS) is 14.0. The molecule has 540 valence electrons. The van der Waals surface area contributed by atoms with E-state index in [9.17, 15) is 43.2 Å². The quantitative estimate of drug-likeness (QED) is 0.0222. The number of aliphatic hydroxyl groups is 1. The molecule has 0 aliphatic carbocycles. The smallest absolute Gasteiger partial charge is 0.462 e. The summed E-state index contributed by atoms with van der Waals surface area (Å²) in [6.45, 7) is 7.17. The van der Waals surface area contributed by atoms with Crippen LogP contribution < -0.4 is 0 Å². The lowest BCUT2D eigenvalue weighted by Crippen LogP contribution is -2.30. The number of unbranched alkanes of at least 4 members (excludes halogenated alkanes) is 44. The zero-order chi connectivity index (χ0) is 67.0. The summed E-state index contributed by atoms with van der Waals surface area (Å²) in [5, 5.41) is 10.6. The van der Waals surface area contributed by atoms with E-state index < -0.39 is 97.5 Å². The van der Waals surface area contributed by atoms with Crippen molar-refractivity contribution >= 4 is 39.5 Å². The number of esters is 4. The zero-order valence-corrected chi connectivity index (χ0v) is 60.8. The van der Waals surface area contributed by atoms with Crippen LogP contribution in [0.2, 0.25) is 0 Å². The Morgan fingerprint density at radius 2 is 0.505 bits per heavy atom. The van der Waals surface area contributed by atoms with E-state index in [1.165, 1.54) is 193 Å². The predicted octanol–water partition coefficient (Wildman–Crippen LogP) is 20.9. The minimum absolute atomic E-state index is 0.104. The molecule has 3 N–H and O–H groups in total. The molecule has 0 saturated carbocycles. The van der Waals surface area contributed by atoms with Gasteiger partial charge >= 0.3 is 39.5 Å². The Hall–Kier alpha value is -1.94. The fraction of sp³-hybridized carbons (Fsp3) is 0.944.